The smallest absolute Gasteiger partial charge is 0.192 e. The van der Waals surface area contributed by atoms with Gasteiger partial charge in [0.25, 0.3) is 0 Å². The summed E-state index contributed by atoms with van der Waals surface area (Å²) in [6.07, 6.45) is 19.5. The third-order valence-electron chi connectivity index (χ3n) is 6.30. The molecular formula is C24H49N3O2Si. The Bertz CT molecular complexity index is 497. The first kappa shape index (κ1) is 29.2. The van der Waals surface area contributed by atoms with Crippen LogP contribution in [-0.4, -0.2) is 32.2 Å². The standard InChI is InChI=1S/C24H49N3O2Si/c1-7-8-9-10-11-12-13-14-15-16-17-18-19-20-23(22(21-28)26-27-25)29-30(5,6)24(2,3)4/h19-20,22-23,28H,7-18,21H2,1-6H3/b20-19-/t22-,23+/m0/s1. The Labute approximate surface area is 187 Å². The van der Waals surface area contributed by atoms with E-state index in [0.717, 1.165) is 6.42 Å². The Kier molecular flexibility index (Phi) is 16.4. The van der Waals surface area contributed by atoms with Gasteiger partial charge in [0.1, 0.15) is 0 Å². The first-order valence-corrected chi connectivity index (χ1v) is 15.1. The zero-order chi connectivity index (χ0) is 22.9. The molecule has 0 saturated carbocycles. The van der Waals surface area contributed by atoms with E-state index in [1.165, 1.54) is 70.6 Å². The number of aliphatic hydroxyl groups is 1. The minimum atomic E-state index is -2.03. The maximum absolute atomic E-state index is 9.67. The summed E-state index contributed by atoms with van der Waals surface area (Å²) in [4.78, 5) is 2.90. The van der Waals surface area contributed by atoms with Crippen LogP contribution in [0.3, 0.4) is 0 Å². The number of hydrogen-bond acceptors (Lipinski definition) is 3. The molecule has 2 atom stereocenters. The maximum Gasteiger partial charge on any atom is 0.192 e. The van der Waals surface area contributed by atoms with Gasteiger partial charge in [-0.3, -0.25) is 0 Å². The lowest BCUT2D eigenvalue weighted by atomic mass is 10.0. The average molecular weight is 440 g/mol. The third-order valence-corrected chi connectivity index (χ3v) is 10.8. The normalized spacial score (nSPS) is 14.6. The fourth-order valence-electron chi connectivity index (χ4n) is 3.19. The molecule has 0 unspecified atom stereocenters. The van der Waals surface area contributed by atoms with Gasteiger partial charge in [-0.05, 0) is 36.5 Å². The Balaban J connectivity index is 4.29. The minimum absolute atomic E-state index is 0.0610. The first-order valence-electron chi connectivity index (χ1n) is 12.2. The van der Waals surface area contributed by atoms with Crippen LogP contribution in [0.15, 0.2) is 17.3 Å². The number of unbranched alkanes of at least 4 members (excludes halogenated alkanes) is 11. The van der Waals surface area contributed by atoms with Gasteiger partial charge >= 0.3 is 0 Å². The van der Waals surface area contributed by atoms with E-state index in [4.69, 9.17) is 9.96 Å². The van der Waals surface area contributed by atoms with Crippen molar-refractivity contribution >= 4 is 8.32 Å². The van der Waals surface area contributed by atoms with Crippen molar-refractivity contribution in [3.63, 3.8) is 0 Å². The molecule has 0 aromatic rings. The summed E-state index contributed by atoms with van der Waals surface area (Å²) in [5.41, 5.74) is 8.84. The molecule has 0 heterocycles. The number of hydrogen-bond donors (Lipinski definition) is 1. The Morgan fingerprint density at radius 3 is 1.90 bits per heavy atom. The van der Waals surface area contributed by atoms with E-state index in [1.54, 1.807) is 0 Å². The fraction of sp³-hybridized carbons (Fsp3) is 0.917. The lowest BCUT2D eigenvalue weighted by Gasteiger charge is -2.39. The van der Waals surface area contributed by atoms with Crippen LogP contribution < -0.4 is 0 Å². The molecule has 5 nitrogen and oxygen atoms in total. The van der Waals surface area contributed by atoms with Gasteiger partial charge in [0.2, 0.25) is 0 Å². The molecule has 0 rings (SSSR count). The summed E-state index contributed by atoms with van der Waals surface area (Å²) >= 11 is 0. The van der Waals surface area contributed by atoms with Gasteiger partial charge in [-0.15, -0.1) is 0 Å². The molecule has 0 aromatic carbocycles. The van der Waals surface area contributed by atoms with Crippen molar-refractivity contribution in [3.8, 4) is 0 Å². The maximum atomic E-state index is 9.67. The van der Waals surface area contributed by atoms with Gasteiger partial charge in [0.05, 0.1) is 18.8 Å². The molecule has 0 aliphatic heterocycles. The van der Waals surface area contributed by atoms with Crippen molar-refractivity contribution in [1.29, 1.82) is 0 Å². The van der Waals surface area contributed by atoms with Gasteiger partial charge in [-0.25, -0.2) is 0 Å². The van der Waals surface area contributed by atoms with Crippen LogP contribution in [0.4, 0.5) is 0 Å². The summed E-state index contributed by atoms with van der Waals surface area (Å²) in [5, 5.41) is 13.5. The van der Waals surface area contributed by atoms with E-state index < -0.39 is 14.4 Å². The highest BCUT2D eigenvalue weighted by molar-refractivity contribution is 6.74. The highest BCUT2D eigenvalue weighted by Crippen LogP contribution is 2.38. The molecule has 0 aliphatic rings. The van der Waals surface area contributed by atoms with Gasteiger partial charge in [0, 0.05) is 4.91 Å². The zero-order valence-electron chi connectivity index (χ0n) is 20.7. The summed E-state index contributed by atoms with van der Waals surface area (Å²) in [6, 6.07) is -0.572. The molecule has 0 amide bonds. The summed E-state index contributed by atoms with van der Waals surface area (Å²) in [5.74, 6) is 0. The molecule has 6 heteroatoms. The number of rotatable bonds is 18. The van der Waals surface area contributed by atoms with E-state index in [9.17, 15) is 5.11 Å². The Hall–Kier alpha value is -0.813. The largest absolute Gasteiger partial charge is 0.410 e. The second-order valence-corrected chi connectivity index (χ2v) is 14.8. The van der Waals surface area contributed by atoms with Crippen LogP contribution in [0.25, 0.3) is 10.4 Å². The van der Waals surface area contributed by atoms with Crippen LogP contribution in [-0.2, 0) is 4.43 Å². The number of nitrogens with zero attached hydrogens (tertiary/aromatic N) is 3. The van der Waals surface area contributed by atoms with E-state index >= 15 is 0 Å². The summed E-state index contributed by atoms with van der Waals surface area (Å²) < 4.78 is 6.44. The van der Waals surface area contributed by atoms with Crippen LogP contribution in [0.5, 0.6) is 0 Å². The van der Waals surface area contributed by atoms with Crippen molar-refractivity contribution in [2.24, 2.45) is 5.11 Å². The van der Waals surface area contributed by atoms with Crippen LogP contribution in [0, 0.1) is 0 Å². The number of aliphatic hydroxyl groups excluding tert-OH is 1. The van der Waals surface area contributed by atoms with Crippen molar-refractivity contribution in [1.82, 2.24) is 0 Å². The quantitative estimate of drug-likeness (QED) is 0.0582. The van der Waals surface area contributed by atoms with Crippen LogP contribution in [0.2, 0.25) is 18.1 Å². The molecule has 0 bridgehead atoms. The van der Waals surface area contributed by atoms with Gasteiger partial charge < -0.3 is 9.53 Å². The second-order valence-electron chi connectivity index (χ2n) is 10.0. The SMILES string of the molecule is CCCCCCCCCCCCC/C=C\[C@@H](O[Si](C)(C)C(C)(C)C)[C@H](CO)N=[N+]=[N-]. The summed E-state index contributed by atoms with van der Waals surface area (Å²) in [6.45, 7) is 13.0. The Morgan fingerprint density at radius 2 is 1.47 bits per heavy atom. The second kappa shape index (κ2) is 16.8. The molecule has 0 radical (unpaired) electrons. The number of azide groups is 1. The highest BCUT2D eigenvalue weighted by Gasteiger charge is 2.40. The molecule has 0 saturated heterocycles. The topological polar surface area (TPSA) is 78.2 Å². The predicted octanol–water partition coefficient (Wildman–Crippen LogP) is 8.31. The highest BCUT2D eigenvalue weighted by atomic mass is 28.4. The lowest BCUT2D eigenvalue weighted by molar-refractivity contribution is 0.149. The molecule has 0 aromatic heterocycles. The minimum Gasteiger partial charge on any atom is -0.410 e. The third kappa shape index (κ3) is 13.5. The Morgan fingerprint density at radius 1 is 0.967 bits per heavy atom. The van der Waals surface area contributed by atoms with Gasteiger partial charge in [-0.2, -0.15) is 0 Å². The van der Waals surface area contributed by atoms with Crippen molar-refractivity contribution in [3.05, 3.63) is 22.6 Å². The van der Waals surface area contributed by atoms with E-state index in [0.29, 0.717) is 0 Å². The van der Waals surface area contributed by atoms with E-state index in [2.05, 4.69) is 56.9 Å². The molecule has 176 valence electrons. The lowest BCUT2D eigenvalue weighted by Crippen LogP contribution is -2.46. The van der Waals surface area contributed by atoms with Gasteiger partial charge in [0.15, 0.2) is 8.32 Å². The van der Waals surface area contributed by atoms with Gasteiger partial charge in [-0.1, -0.05) is 109 Å². The molecule has 0 spiro atoms. The predicted molar refractivity (Wildman–Crippen MR) is 132 cm³/mol. The molecule has 1 N–H and O–H groups in total. The molecule has 0 aliphatic carbocycles. The number of allylic oxidation sites excluding steroid dienone is 1. The van der Waals surface area contributed by atoms with Crippen molar-refractivity contribution in [2.75, 3.05) is 6.61 Å². The fourth-order valence-corrected chi connectivity index (χ4v) is 4.46. The van der Waals surface area contributed by atoms with E-state index in [-0.39, 0.29) is 17.7 Å². The van der Waals surface area contributed by atoms with Crippen molar-refractivity contribution in [2.45, 2.75) is 135 Å². The van der Waals surface area contributed by atoms with Crippen LogP contribution >= 0.6 is 0 Å². The van der Waals surface area contributed by atoms with Crippen LogP contribution in [0.1, 0.15) is 105 Å². The first-order chi connectivity index (χ1) is 14.2. The average Bonchev–Trinajstić information content (AvgIpc) is 2.67. The molecular weight excluding hydrogens is 390 g/mol. The molecule has 30 heavy (non-hydrogen) atoms. The zero-order valence-corrected chi connectivity index (χ0v) is 21.7. The summed E-state index contributed by atoms with van der Waals surface area (Å²) in [7, 11) is -2.03. The van der Waals surface area contributed by atoms with Crippen molar-refractivity contribution < 1.29 is 9.53 Å². The molecule has 0 fully saturated rings. The van der Waals surface area contributed by atoms with E-state index in [1.807, 2.05) is 6.08 Å². The monoisotopic (exact) mass is 439 g/mol.